The van der Waals surface area contributed by atoms with Crippen molar-refractivity contribution in [2.75, 3.05) is 39.8 Å². The molecule has 3 heterocycles. The van der Waals surface area contributed by atoms with Crippen molar-refractivity contribution in [3.8, 4) is 0 Å². The molecule has 1 amide bonds. The highest BCUT2D eigenvalue weighted by Crippen LogP contribution is 2.30. The van der Waals surface area contributed by atoms with Crippen molar-refractivity contribution < 1.29 is 9.21 Å². The first-order valence-corrected chi connectivity index (χ1v) is 8.48. The van der Waals surface area contributed by atoms with Crippen molar-refractivity contribution in [2.24, 2.45) is 0 Å². The summed E-state index contributed by atoms with van der Waals surface area (Å²) in [7, 11) is 2.21. The summed E-state index contributed by atoms with van der Waals surface area (Å²) >= 11 is 0. The van der Waals surface area contributed by atoms with Crippen LogP contribution in [0, 0.1) is 0 Å². The van der Waals surface area contributed by atoms with Crippen LogP contribution in [-0.2, 0) is 4.79 Å². The highest BCUT2D eigenvalue weighted by molar-refractivity contribution is 5.76. The van der Waals surface area contributed by atoms with Crippen LogP contribution in [0.1, 0.15) is 31.9 Å². The molecular formula is C18H27N3O2. The van der Waals surface area contributed by atoms with Crippen LogP contribution in [0.4, 0.5) is 0 Å². The smallest absolute Gasteiger partial charge is 0.220 e. The third-order valence-electron chi connectivity index (χ3n) is 5.21. The number of likely N-dealkylation sites (N-methyl/N-ethyl adjacent to an activating group) is 1. The fourth-order valence-electron chi connectivity index (χ4n) is 3.83. The molecule has 1 aromatic heterocycles. The van der Waals surface area contributed by atoms with Gasteiger partial charge < -0.3 is 9.73 Å². The largest absolute Gasteiger partial charge is 0.465 e. The Balaban J connectivity index is 1.66. The van der Waals surface area contributed by atoms with Crippen molar-refractivity contribution in [1.29, 1.82) is 0 Å². The summed E-state index contributed by atoms with van der Waals surface area (Å²) in [6.07, 6.45) is 6.45. The predicted octanol–water partition coefficient (Wildman–Crippen LogP) is 1.97. The SMILES string of the molecule is C/C(=C\c1ccco1)CN1CCN(C)C2(CCNC(=O)CC2)C1. The van der Waals surface area contributed by atoms with Crippen LogP contribution < -0.4 is 5.32 Å². The van der Waals surface area contributed by atoms with Crippen molar-refractivity contribution in [1.82, 2.24) is 15.1 Å². The third kappa shape index (κ3) is 3.85. The van der Waals surface area contributed by atoms with Gasteiger partial charge >= 0.3 is 0 Å². The molecule has 1 unspecified atom stereocenters. The quantitative estimate of drug-likeness (QED) is 0.926. The molecule has 1 aromatic rings. The summed E-state index contributed by atoms with van der Waals surface area (Å²) in [6, 6.07) is 3.90. The molecule has 0 saturated carbocycles. The molecular weight excluding hydrogens is 290 g/mol. The zero-order valence-corrected chi connectivity index (χ0v) is 14.2. The summed E-state index contributed by atoms with van der Waals surface area (Å²) in [6.45, 7) is 7.06. The van der Waals surface area contributed by atoms with E-state index in [1.54, 1.807) is 6.26 Å². The topological polar surface area (TPSA) is 48.7 Å². The standard InChI is InChI=1S/C18H27N3O2/c1-15(12-16-4-3-11-23-16)13-21-10-9-20(2)18(14-21)6-5-17(22)19-8-7-18/h3-4,11-12H,5-10,13-14H2,1-2H3,(H,19,22)/b15-12+. The minimum Gasteiger partial charge on any atom is -0.465 e. The molecule has 0 aromatic carbocycles. The molecule has 2 saturated heterocycles. The lowest BCUT2D eigenvalue weighted by atomic mass is 9.86. The van der Waals surface area contributed by atoms with E-state index >= 15 is 0 Å². The number of furan rings is 1. The fourth-order valence-corrected chi connectivity index (χ4v) is 3.83. The first-order chi connectivity index (χ1) is 11.1. The molecule has 2 fully saturated rings. The summed E-state index contributed by atoms with van der Waals surface area (Å²) < 4.78 is 5.40. The number of amides is 1. The molecule has 1 N–H and O–H groups in total. The van der Waals surface area contributed by atoms with Gasteiger partial charge in [-0.25, -0.2) is 0 Å². The van der Waals surface area contributed by atoms with E-state index in [9.17, 15) is 4.79 Å². The molecule has 3 rings (SSSR count). The van der Waals surface area contributed by atoms with Gasteiger partial charge in [-0.05, 0) is 45.0 Å². The minimum absolute atomic E-state index is 0.127. The van der Waals surface area contributed by atoms with Crippen LogP contribution in [0.3, 0.4) is 0 Å². The number of piperazine rings is 1. The molecule has 23 heavy (non-hydrogen) atoms. The predicted molar refractivity (Wildman–Crippen MR) is 91.0 cm³/mol. The maximum absolute atomic E-state index is 11.7. The van der Waals surface area contributed by atoms with Gasteiger partial charge in [-0.3, -0.25) is 14.6 Å². The van der Waals surface area contributed by atoms with Gasteiger partial charge in [-0.1, -0.05) is 5.57 Å². The Labute approximate surface area is 138 Å². The van der Waals surface area contributed by atoms with Gasteiger partial charge in [0.15, 0.2) is 0 Å². The third-order valence-corrected chi connectivity index (χ3v) is 5.21. The lowest BCUT2D eigenvalue weighted by molar-refractivity contribution is -0.121. The van der Waals surface area contributed by atoms with Crippen molar-refractivity contribution in [2.45, 2.75) is 31.7 Å². The first kappa shape index (κ1) is 16.3. The van der Waals surface area contributed by atoms with E-state index in [1.807, 2.05) is 12.1 Å². The molecule has 2 aliphatic heterocycles. The first-order valence-electron chi connectivity index (χ1n) is 8.48. The number of nitrogens with zero attached hydrogens (tertiary/aromatic N) is 2. The monoisotopic (exact) mass is 317 g/mol. The van der Waals surface area contributed by atoms with Crippen LogP contribution in [-0.4, -0.2) is 61.0 Å². The van der Waals surface area contributed by atoms with Crippen LogP contribution in [0.15, 0.2) is 28.4 Å². The molecule has 5 heteroatoms. The second-order valence-electron chi connectivity index (χ2n) is 6.96. The molecule has 1 spiro atoms. The van der Waals surface area contributed by atoms with Crippen LogP contribution >= 0.6 is 0 Å². The average Bonchev–Trinajstić information content (AvgIpc) is 2.94. The van der Waals surface area contributed by atoms with Gasteiger partial charge in [-0.2, -0.15) is 0 Å². The van der Waals surface area contributed by atoms with Gasteiger partial charge in [0.1, 0.15) is 5.76 Å². The highest BCUT2D eigenvalue weighted by atomic mass is 16.3. The summed E-state index contributed by atoms with van der Waals surface area (Å²) in [5.41, 5.74) is 1.44. The lowest BCUT2D eigenvalue weighted by Gasteiger charge is -2.49. The van der Waals surface area contributed by atoms with Crippen molar-refractivity contribution >= 4 is 12.0 Å². The van der Waals surface area contributed by atoms with Crippen molar-refractivity contribution in [3.63, 3.8) is 0 Å². The maximum atomic E-state index is 11.7. The van der Waals surface area contributed by atoms with E-state index < -0.39 is 0 Å². The van der Waals surface area contributed by atoms with Gasteiger partial charge in [0.2, 0.25) is 5.91 Å². The zero-order valence-electron chi connectivity index (χ0n) is 14.2. The number of rotatable bonds is 3. The molecule has 126 valence electrons. The maximum Gasteiger partial charge on any atom is 0.220 e. The molecule has 0 aliphatic carbocycles. The normalized spacial score (nSPS) is 27.9. The van der Waals surface area contributed by atoms with E-state index in [1.165, 1.54) is 5.57 Å². The second kappa shape index (κ2) is 6.89. The molecule has 0 radical (unpaired) electrons. The number of hydrogen-bond donors (Lipinski definition) is 1. The van der Waals surface area contributed by atoms with Gasteiger partial charge in [-0.15, -0.1) is 0 Å². The summed E-state index contributed by atoms with van der Waals surface area (Å²) in [5.74, 6) is 1.11. The summed E-state index contributed by atoms with van der Waals surface area (Å²) in [5, 5.41) is 3.01. The second-order valence-corrected chi connectivity index (χ2v) is 6.96. The number of carbonyl (C=O) groups is 1. The fraction of sp³-hybridized carbons (Fsp3) is 0.611. The van der Waals surface area contributed by atoms with Crippen LogP contribution in [0.5, 0.6) is 0 Å². The Bertz CT molecular complexity index is 567. The van der Waals surface area contributed by atoms with Crippen molar-refractivity contribution in [3.05, 3.63) is 29.7 Å². The summed E-state index contributed by atoms with van der Waals surface area (Å²) in [4.78, 5) is 16.7. The molecule has 5 nitrogen and oxygen atoms in total. The van der Waals surface area contributed by atoms with E-state index in [4.69, 9.17) is 4.42 Å². The minimum atomic E-state index is 0.127. The molecule has 0 bridgehead atoms. The van der Waals surface area contributed by atoms with Gasteiger partial charge in [0, 0.05) is 44.7 Å². The molecule has 1 atom stereocenters. The number of hydrogen-bond acceptors (Lipinski definition) is 4. The Hall–Kier alpha value is -1.59. The lowest BCUT2D eigenvalue weighted by Crippen LogP contribution is -2.61. The van der Waals surface area contributed by atoms with Crippen LogP contribution in [0.25, 0.3) is 6.08 Å². The van der Waals surface area contributed by atoms with E-state index in [0.717, 1.165) is 51.3 Å². The van der Waals surface area contributed by atoms with E-state index in [2.05, 4.69) is 35.2 Å². The van der Waals surface area contributed by atoms with Gasteiger partial charge in [0.05, 0.1) is 6.26 Å². The highest BCUT2D eigenvalue weighted by Gasteiger charge is 2.40. The average molecular weight is 317 g/mol. The number of nitrogens with one attached hydrogen (secondary N) is 1. The molecule has 2 aliphatic rings. The number of carbonyl (C=O) groups excluding carboxylic acids is 1. The van der Waals surface area contributed by atoms with Gasteiger partial charge in [0.25, 0.3) is 0 Å². The van der Waals surface area contributed by atoms with E-state index in [0.29, 0.717) is 6.42 Å². The zero-order chi connectivity index (χ0) is 16.3. The van der Waals surface area contributed by atoms with E-state index in [-0.39, 0.29) is 11.4 Å². The Morgan fingerprint density at radius 3 is 3.09 bits per heavy atom. The Morgan fingerprint density at radius 2 is 2.30 bits per heavy atom. The van der Waals surface area contributed by atoms with Crippen LogP contribution in [0.2, 0.25) is 0 Å². The Kier molecular flexibility index (Phi) is 4.87. The Morgan fingerprint density at radius 1 is 1.43 bits per heavy atom.